The van der Waals surface area contributed by atoms with Gasteiger partial charge in [0, 0.05) is 30.6 Å². The maximum absolute atomic E-state index is 13.9. The van der Waals surface area contributed by atoms with Crippen molar-refractivity contribution in [2.45, 2.75) is 70.4 Å². The smallest absolute Gasteiger partial charge is 0.287 e. The predicted octanol–water partition coefficient (Wildman–Crippen LogP) is 2.58. The summed E-state index contributed by atoms with van der Waals surface area (Å²) >= 11 is 1.08. The Morgan fingerprint density at radius 2 is 1.81 bits per heavy atom. The molecule has 3 atom stereocenters. The number of likely N-dealkylation sites (tertiary alicyclic amines) is 1. The fraction of sp³-hybridized carbons (Fsp3) is 0.708. The van der Waals surface area contributed by atoms with Gasteiger partial charge in [-0.1, -0.05) is 20.8 Å². The Kier molecular flexibility index (Phi) is 6.60. The molecule has 1 saturated heterocycles. The van der Waals surface area contributed by atoms with Crippen molar-refractivity contribution >= 4 is 53.9 Å². The van der Waals surface area contributed by atoms with E-state index in [0.717, 1.165) is 49.7 Å². The number of carbonyl (C=O) groups excluding carboxylic acids is 2. The first-order valence-corrected chi connectivity index (χ1v) is 16.9. The topological polar surface area (TPSA) is 142 Å². The zero-order valence-electron chi connectivity index (χ0n) is 21.5. The fourth-order valence-corrected chi connectivity index (χ4v) is 9.45. The van der Waals surface area contributed by atoms with Crippen molar-refractivity contribution in [3.63, 3.8) is 0 Å². The minimum absolute atomic E-state index is 0.00731. The highest BCUT2D eigenvalue weighted by molar-refractivity contribution is 7.91. The van der Waals surface area contributed by atoms with Crippen molar-refractivity contribution in [2.75, 3.05) is 18.1 Å². The van der Waals surface area contributed by atoms with Crippen molar-refractivity contribution < 1.29 is 26.4 Å². The summed E-state index contributed by atoms with van der Waals surface area (Å²) < 4.78 is 55.8. The van der Waals surface area contributed by atoms with Crippen LogP contribution in [0, 0.1) is 29.1 Å². The molecule has 3 saturated carbocycles. The van der Waals surface area contributed by atoms with Crippen LogP contribution in [0.1, 0.15) is 58.4 Å². The minimum Gasteiger partial charge on any atom is -0.338 e. The average molecular weight is 571 g/mol. The SMILES string of the molecule is CC(C)(C)CCN1C(=O)C(C2=NS(=O)(=O)c3c(CNS(C)(=O)=O)csc3N2)C(=O)[C@@H]2C3CCC(CC3)[C@@H]21. The molecule has 4 fully saturated rings. The Hall–Kier alpha value is -1.83. The number of hydrogen-bond acceptors (Lipinski definition) is 8. The van der Waals surface area contributed by atoms with E-state index in [1.807, 2.05) is 4.90 Å². The van der Waals surface area contributed by atoms with Crippen LogP contribution in [0.15, 0.2) is 14.7 Å². The van der Waals surface area contributed by atoms with Gasteiger partial charge in [-0.3, -0.25) is 9.59 Å². The molecular weight excluding hydrogens is 536 g/mol. The third kappa shape index (κ3) is 4.99. The summed E-state index contributed by atoms with van der Waals surface area (Å²) in [7, 11) is -7.79. The summed E-state index contributed by atoms with van der Waals surface area (Å²) in [6, 6.07) is -0.127. The molecule has 3 aliphatic carbocycles. The fourth-order valence-electron chi connectivity index (χ4n) is 6.38. The Balaban J connectivity index is 1.50. The molecule has 1 unspecified atom stereocenters. The molecule has 5 aliphatic rings. The zero-order valence-corrected chi connectivity index (χ0v) is 23.9. The van der Waals surface area contributed by atoms with E-state index in [1.54, 1.807) is 5.38 Å². The van der Waals surface area contributed by atoms with Crippen molar-refractivity contribution in [3.8, 4) is 0 Å². The van der Waals surface area contributed by atoms with Crippen molar-refractivity contribution in [3.05, 3.63) is 10.9 Å². The number of piperidine rings is 1. The van der Waals surface area contributed by atoms with Gasteiger partial charge in [0.25, 0.3) is 10.0 Å². The van der Waals surface area contributed by atoms with Crippen LogP contribution in [-0.4, -0.2) is 58.1 Å². The highest BCUT2D eigenvalue weighted by Gasteiger charge is 2.58. The number of ketones is 1. The summed E-state index contributed by atoms with van der Waals surface area (Å²) in [5.74, 6) is -1.85. The lowest BCUT2D eigenvalue weighted by Crippen LogP contribution is -2.66. The predicted molar refractivity (Wildman–Crippen MR) is 141 cm³/mol. The summed E-state index contributed by atoms with van der Waals surface area (Å²) in [6.45, 7) is 6.65. The molecule has 0 spiro atoms. The number of thiophene rings is 1. The summed E-state index contributed by atoms with van der Waals surface area (Å²) in [6.07, 6.45) is 5.69. The molecule has 204 valence electrons. The number of amides is 1. The van der Waals surface area contributed by atoms with E-state index in [0.29, 0.717) is 12.5 Å². The van der Waals surface area contributed by atoms with Gasteiger partial charge in [-0.2, -0.15) is 8.42 Å². The van der Waals surface area contributed by atoms with E-state index in [4.69, 9.17) is 0 Å². The van der Waals surface area contributed by atoms with E-state index in [-0.39, 0.29) is 62.8 Å². The Labute approximate surface area is 222 Å². The third-order valence-electron chi connectivity index (χ3n) is 8.11. The van der Waals surface area contributed by atoms with Crippen molar-refractivity contribution in [2.24, 2.45) is 33.5 Å². The van der Waals surface area contributed by atoms with E-state index in [9.17, 15) is 26.4 Å². The normalized spacial score (nSPS) is 31.0. The highest BCUT2D eigenvalue weighted by atomic mass is 32.2. The molecule has 2 N–H and O–H groups in total. The lowest BCUT2D eigenvalue weighted by molar-refractivity contribution is -0.161. The van der Waals surface area contributed by atoms with E-state index >= 15 is 0 Å². The third-order valence-corrected chi connectivity index (χ3v) is 11.3. The average Bonchev–Trinajstić information content (AvgIpc) is 3.21. The number of nitrogens with one attached hydrogen (secondary N) is 2. The number of fused-ring (bicyclic) bond motifs is 3. The van der Waals surface area contributed by atoms with Crippen LogP contribution < -0.4 is 10.0 Å². The van der Waals surface area contributed by atoms with Gasteiger partial charge < -0.3 is 10.2 Å². The first-order valence-electron chi connectivity index (χ1n) is 12.7. The minimum atomic E-state index is -4.26. The molecule has 0 aromatic carbocycles. The monoisotopic (exact) mass is 570 g/mol. The molecule has 6 rings (SSSR count). The van der Waals surface area contributed by atoms with Crippen LogP contribution in [0.5, 0.6) is 0 Å². The van der Waals surface area contributed by atoms with Crippen LogP contribution in [0.2, 0.25) is 0 Å². The van der Waals surface area contributed by atoms with Crippen LogP contribution in [0.4, 0.5) is 5.00 Å². The van der Waals surface area contributed by atoms with Gasteiger partial charge >= 0.3 is 0 Å². The molecule has 1 aromatic rings. The maximum Gasteiger partial charge on any atom is 0.287 e. The number of sulfonamides is 2. The summed E-state index contributed by atoms with van der Waals surface area (Å²) in [5, 5.41) is 4.76. The van der Waals surface area contributed by atoms with Crippen LogP contribution in [-0.2, 0) is 36.2 Å². The van der Waals surface area contributed by atoms with Gasteiger partial charge in [0.05, 0.1) is 6.26 Å². The largest absolute Gasteiger partial charge is 0.338 e. The molecule has 1 amide bonds. The van der Waals surface area contributed by atoms with Gasteiger partial charge in [-0.05, 0) is 54.7 Å². The Morgan fingerprint density at radius 1 is 1.16 bits per heavy atom. The second-order valence-corrected chi connectivity index (χ2v) is 16.2. The second-order valence-electron chi connectivity index (χ2n) is 12.0. The van der Waals surface area contributed by atoms with Gasteiger partial charge in [-0.15, -0.1) is 15.7 Å². The lowest BCUT2D eigenvalue weighted by atomic mass is 9.57. The molecular formula is C24H34N4O6S3. The molecule has 2 aliphatic heterocycles. The first-order chi connectivity index (χ1) is 17.2. The summed E-state index contributed by atoms with van der Waals surface area (Å²) in [4.78, 5) is 29.6. The second kappa shape index (κ2) is 9.13. The van der Waals surface area contributed by atoms with Gasteiger partial charge in [-0.25, -0.2) is 13.1 Å². The van der Waals surface area contributed by atoms with E-state index < -0.39 is 26.0 Å². The van der Waals surface area contributed by atoms with Crippen LogP contribution in [0.3, 0.4) is 0 Å². The standard InChI is InChI=1S/C24H34N4O6S3/c1-24(2,3)9-10-28-18-14-7-5-13(6-8-14)16(18)19(29)17(23(28)30)21-26-22-20(37(33,34)27-21)15(12-35-22)11-25-36(4,31)32/h12-14,16-18,25H,5-11H2,1-4H3,(H,26,27)/t13?,14?,16-,17?,18+/m1/s1. The quantitative estimate of drug-likeness (QED) is 0.501. The maximum atomic E-state index is 13.9. The van der Waals surface area contributed by atoms with Crippen LogP contribution >= 0.6 is 11.3 Å². The molecule has 13 heteroatoms. The van der Waals surface area contributed by atoms with Crippen molar-refractivity contribution in [1.29, 1.82) is 0 Å². The number of hydrogen-bond donors (Lipinski definition) is 2. The molecule has 0 radical (unpaired) electrons. The molecule has 10 nitrogen and oxygen atoms in total. The Bertz CT molecular complexity index is 1370. The molecule has 3 heterocycles. The molecule has 37 heavy (non-hydrogen) atoms. The van der Waals surface area contributed by atoms with Crippen LogP contribution in [0.25, 0.3) is 0 Å². The number of Topliss-reactive ketones (excluding diaryl/α,β-unsaturated/α-hetero) is 1. The summed E-state index contributed by atoms with van der Waals surface area (Å²) in [5.41, 5.74) is 0.255. The Morgan fingerprint density at radius 3 is 2.43 bits per heavy atom. The molecule has 2 bridgehead atoms. The number of carbonyl (C=O) groups is 2. The number of anilines is 1. The molecule has 1 aromatic heterocycles. The highest BCUT2D eigenvalue weighted by Crippen LogP contribution is 2.51. The number of amidine groups is 1. The van der Waals surface area contributed by atoms with Gasteiger partial charge in [0.1, 0.15) is 15.7 Å². The first kappa shape index (κ1) is 26.8. The van der Waals surface area contributed by atoms with Crippen molar-refractivity contribution in [1.82, 2.24) is 9.62 Å². The number of rotatable bonds is 6. The van der Waals surface area contributed by atoms with E-state index in [2.05, 4.69) is 35.2 Å². The van der Waals surface area contributed by atoms with E-state index in [1.165, 1.54) is 0 Å². The zero-order chi connectivity index (χ0) is 26.9. The van der Waals surface area contributed by atoms with Gasteiger partial charge in [0.2, 0.25) is 15.9 Å². The van der Waals surface area contributed by atoms with Gasteiger partial charge in [0.15, 0.2) is 11.7 Å². The lowest BCUT2D eigenvalue weighted by Gasteiger charge is -2.56. The number of nitrogens with zero attached hydrogens (tertiary/aromatic N) is 2.